The van der Waals surface area contributed by atoms with Gasteiger partial charge in [0.15, 0.2) is 0 Å². The van der Waals surface area contributed by atoms with Crippen molar-refractivity contribution in [3.63, 3.8) is 0 Å². The van der Waals surface area contributed by atoms with Crippen molar-refractivity contribution in [1.82, 2.24) is 0 Å². The lowest BCUT2D eigenvalue weighted by molar-refractivity contribution is -0.188. The minimum Gasteiger partial charge on any atom is -0.461 e. The van der Waals surface area contributed by atoms with Crippen molar-refractivity contribution in [3.8, 4) is 0 Å². The van der Waals surface area contributed by atoms with Gasteiger partial charge in [0, 0.05) is 6.42 Å². The number of esters is 1. The van der Waals surface area contributed by atoms with Crippen LogP contribution in [0.5, 0.6) is 0 Å². The molecule has 0 saturated carbocycles. The van der Waals surface area contributed by atoms with E-state index in [0.717, 1.165) is 19.3 Å². The molecule has 1 aliphatic heterocycles. The molecule has 158 valence electrons. The molecule has 1 N–H and O–H groups in total. The summed E-state index contributed by atoms with van der Waals surface area (Å²) in [5, 5.41) is 10.1. The molecule has 0 spiro atoms. The van der Waals surface area contributed by atoms with E-state index in [1.807, 2.05) is 6.92 Å². The van der Waals surface area contributed by atoms with E-state index in [1.165, 1.54) is 77.0 Å². The van der Waals surface area contributed by atoms with Crippen molar-refractivity contribution in [2.75, 3.05) is 0 Å². The Morgan fingerprint density at radius 1 is 0.889 bits per heavy atom. The smallest absolute Gasteiger partial charge is 0.313 e. The fourth-order valence-corrected chi connectivity index (χ4v) is 3.88. The minimum atomic E-state index is -0.318. The van der Waals surface area contributed by atoms with E-state index < -0.39 is 0 Å². The fourth-order valence-electron chi connectivity index (χ4n) is 3.88. The van der Waals surface area contributed by atoms with Crippen LogP contribution in [-0.2, 0) is 9.53 Å². The van der Waals surface area contributed by atoms with Gasteiger partial charge in [-0.15, -0.1) is 0 Å². The predicted octanol–water partition coefficient (Wildman–Crippen LogP) is 6.73. The van der Waals surface area contributed by atoms with Gasteiger partial charge in [-0.05, 0) is 38.5 Å². The first kappa shape index (κ1) is 24.2. The Bertz CT molecular complexity index is 391. The second kappa shape index (κ2) is 16.2. The highest BCUT2D eigenvalue weighted by Gasteiger charge is 2.41. The van der Waals surface area contributed by atoms with Gasteiger partial charge < -0.3 is 9.84 Å². The molecule has 1 rings (SSSR count). The van der Waals surface area contributed by atoms with E-state index in [-0.39, 0.29) is 24.1 Å². The molecule has 0 aromatic rings. The number of aliphatic hydroxyl groups is 1. The van der Waals surface area contributed by atoms with E-state index in [9.17, 15) is 9.90 Å². The van der Waals surface area contributed by atoms with Gasteiger partial charge in [0.05, 0.1) is 12.0 Å². The molecule has 1 aliphatic rings. The molecule has 3 heteroatoms. The monoisotopic (exact) mass is 380 g/mol. The van der Waals surface area contributed by atoms with Crippen LogP contribution in [0, 0.1) is 5.92 Å². The Balaban J connectivity index is 1.82. The molecule has 0 bridgehead atoms. The SMILES string of the molecule is CCCCCCCCC=CCCCCCCCC(O)C[C@@H]1OC(=O)[C@H]1CC. The largest absolute Gasteiger partial charge is 0.461 e. The third-order valence-corrected chi connectivity index (χ3v) is 5.76. The van der Waals surface area contributed by atoms with Crippen molar-refractivity contribution < 1.29 is 14.6 Å². The third-order valence-electron chi connectivity index (χ3n) is 5.76. The number of hydrogen-bond donors (Lipinski definition) is 1. The molecule has 1 heterocycles. The van der Waals surface area contributed by atoms with Gasteiger partial charge in [-0.1, -0.05) is 83.8 Å². The number of aliphatic hydroxyl groups excluding tert-OH is 1. The fraction of sp³-hybridized carbons (Fsp3) is 0.875. The van der Waals surface area contributed by atoms with E-state index in [4.69, 9.17) is 4.74 Å². The number of cyclic esters (lactones) is 1. The van der Waals surface area contributed by atoms with Crippen molar-refractivity contribution in [2.45, 2.75) is 129 Å². The Kier molecular flexibility index (Phi) is 14.5. The summed E-state index contributed by atoms with van der Waals surface area (Å²) in [5.41, 5.74) is 0. The molecule has 3 nitrogen and oxygen atoms in total. The highest BCUT2D eigenvalue weighted by Crippen LogP contribution is 2.29. The quantitative estimate of drug-likeness (QED) is 0.163. The molecule has 0 aliphatic carbocycles. The molecule has 1 saturated heterocycles. The summed E-state index contributed by atoms with van der Waals surface area (Å²) in [4.78, 5) is 11.3. The van der Waals surface area contributed by atoms with Gasteiger partial charge in [-0.2, -0.15) is 0 Å². The van der Waals surface area contributed by atoms with Crippen molar-refractivity contribution in [1.29, 1.82) is 0 Å². The number of unbranched alkanes of at least 4 members (excludes halogenated alkanes) is 11. The summed E-state index contributed by atoms with van der Waals surface area (Å²) >= 11 is 0. The van der Waals surface area contributed by atoms with Crippen molar-refractivity contribution in [3.05, 3.63) is 12.2 Å². The second-order valence-electron chi connectivity index (χ2n) is 8.25. The first-order valence-corrected chi connectivity index (χ1v) is 11.7. The standard InChI is InChI=1S/C24H44O3/c1-3-5-6-7-8-9-10-11-12-13-14-15-16-17-18-19-21(25)20-23-22(4-2)24(26)27-23/h11-12,21-23,25H,3-10,13-20H2,1-2H3/t21?,22-,23-/m0/s1. The Labute approximate surface area is 168 Å². The average Bonchev–Trinajstić information content (AvgIpc) is 2.64. The lowest BCUT2D eigenvalue weighted by Gasteiger charge is -2.35. The maximum absolute atomic E-state index is 11.3. The summed E-state index contributed by atoms with van der Waals surface area (Å²) in [5.74, 6) is -0.0653. The Morgan fingerprint density at radius 3 is 2.00 bits per heavy atom. The number of hydrogen-bond acceptors (Lipinski definition) is 3. The summed E-state index contributed by atoms with van der Waals surface area (Å²) in [6.07, 6.45) is 23.5. The summed E-state index contributed by atoms with van der Waals surface area (Å²) in [7, 11) is 0. The number of carbonyl (C=O) groups is 1. The van der Waals surface area contributed by atoms with E-state index in [1.54, 1.807) is 0 Å². The Hall–Kier alpha value is -0.830. The van der Waals surface area contributed by atoms with Crippen LogP contribution < -0.4 is 0 Å². The Morgan fingerprint density at radius 2 is 1.44 bits per heavy atom. The lowest BCUT2D eigenvalue weighted by atomic mass is 9.89. The summed E-state index contributed by atoms with van der Waals surface area (Å²) in [6.45, 7) is 4.28. The zero-order chi connectivity index (χ0) is 19.7. The van der Waals surface area contributed by atoms with Crippen LogP contribution in [0.3, 0.4) is 0 Å². The zero-order valence-electron chi connectivity index (χ0n) is 18.0. The maximum atomic E-state index is 11.3. The molecule has 27 heavy (non-hydrogen) atoms. The lowest BCUT2D eigenvalue weighted by Crippen LogP contribution is -2.46. The maximum Gasteiger partial charge on any atom is 0.313 e. The average molecular weight is 381 g/mol. The van der Waals surface area contributed by atoms with Gasteiger partial charge in [0.1, 0.15) is 6.10 Å². The van der Waals surface area contributed by atoms with Gasteiger partial charge in [0.2, 0.25) is 0 Å². The van der Waals surface area contributed by atoms with Crippen LogP contribution >= 0.6 is 0 Å². The van der Waals surface area contributed by atoms with Crippen LogP contribution in [0.1, 0.15) is 117 Å². The predicted molar refractivity (Wildman–Crippen MR) is 114 cm³/mol. The van der Waals surface area contributed by atoms with Crippen LogP contribution in [0.15, 0.2) is 12.2 Å². The molecule has 0 aromatic heterocycles. The molecule has 1 unspecified atom stereocenters. The zero-order valence-corrected chi connectivity index (χ0v) is 18.0. The van der Waals surface area contributed by atoms with Gasteiger partial charge in [-0.3, -0.25) is 4.79 Å². The molecular formula is C24H44O3. The minimum absolute atomic E-state index is 0.0220. The van der Waals surface area contributed by atoms with Crippen LogP contribution in [-0.4, -0.2) is 23.3 Å². The molecular weight excluding hydrogens is 336 g/mol. The van der Waals surface area contributed by atoms with Gasteiger partial charge in [0.25, 0.3) is 0 Å². The molecule has 1 fully saturated rings. The number of allylic oxidation sites excluding steroid dienone is 2. The van der Waals surface area contributed by atoms with E-state index in [2.05, 4.69) is 19.1 Å². The highest BCUT2D eigenvalue weighted by atomic mass is 16.6. The van der Waals surface area contributed by atoms with Crippen LogP contribution in [0.4, 0.5) is 0 Å². The number of rotatable bonds is 18. The van der Waals surface area contributed by atoms with Gasteiger partial charge in [-0.25, -0.2) is 0 Å². The van der Waals surface area contributed by atoms with Crippen molar-refractivity contribution >= 4 is 5.97 Å². The summed E-state index contributed by atoms with van der Waals surface area (Å²) in [6, 6.07) is 0. The summed E-state index contributed by atoms with van der Waals surface area (Å²) < 4.78 is 5.14. The number of ether oxygens (including phenoxy) is 1. The van der Waals surface area contributed by atoms with Crippen LogP contribution in [0.2, 0.25) is 0 Å². The number of carbonyl (C=O) groups excluding carboxylic acids is 1. The normalized spacial score (nSPS) is 20.6. The van der Waals surface area contributed by atoms with E-state index in [0.29, 0.717) is 6.42 Å². The topological polar surface area (TPSA) is 46.5 Å². The van der Waals surface area contributed by atoms with Gasteiger partial charge >= 0.3 is 5.97 Å². The molecule has 0 radical (unpaired) electrons. The highest BCUT2D eigenvalue weighted by molar-refractivity contribution is 5.78. The molecule has 3 atom stereocenters. The first-order chi connectivity index (χ1) is 13.2. The molecule has 0 aromatic carbocycles. The second-order valence-corrected chi connectivity index (χ2v) is 8.25. The molecule has 0 amide bonds. The van der Waals surface area contributed by atoms with E-state index >= 15 is 0 Å². The first-order valence-electron chi connectivity index (χ1n) is 11.7. The van der Waals surface area contributed by atoms with Crippen molar-refractivity contribution in [2.24, 2.45) is 5.92 Å². The van der Waals surface area contributed by atoms with Crippen LogP contribution in [0.25, 0.3) is 0 Å². The third kappa shape index (κ3) is 11.6.